The van der Waals surface area contributed by atoms with E-state index >= 15 is 0 Å². The van der Waals surface area contributed by atoms with Crippen LogP contribution in [0, 0.1) is 0 Å². The third kappa shape index (κ3) is 13.3. The first kappa shape index (κ1) is 32.6. The van der Waals surface area contributed by atoms with Crippen LogP contribution in [-0.4, -0.2) is 78.7 Å². The van der Waals surface area contributed by atoms with Gasteiger partial charge < -0.3 is 25.4 Å². The van der Waals surface area contributed by atoms with Gasteiger partial charge in [0.2, 0.25) is 0 Å². The Morgan fingerprint density at radius 2 is 1.34 bits per heavy atom. The molecule has 0 spiro atoms. The van der Waals surface area contributed by atoms with Crippen LogP contribution in [0.2, 0.25) is 0 Å². The number of carboxylic acids is 2. The maximum Gasteiger partial charge on any atom is 2.00 e. The number of carbonyl (C=O) groups excluding carboxylic acids is 2. The number of rotatable bonds is 12. The second-order valence-electron chi connectivity index (χ2n) is 7.65. The molecule has 0 aliphatic rings. The minimum atomic E-state index is -1.29. The van der Waals surface area contributed by atoms with E-state index in [9.17, 15) is 24.6 Å². The summed E-state index contributed by atoms with van der Waals surface area (Å²) in [6, 6.07) is 15.2. The zero-order valence-corrected chi connectivity index (χ0v) is 22.5. The molecule has 2 atom stereocenters. The van der Waals surface area contributed by atoms with Gasteiger partial charge in [0, 0.05) is 5.56 Å². The normalized spacial score (nSPS) is 12.2. The van der Waals surface area contributed by atoms with Gasteiger partial charge in [-0.15, -0.1) is 0 Å². The van der Waals surface area contributed by atoms with E-state index in [4.69, 9.17) is 5.11 Å². The van der Waals surface area contributed by atoms with Crippen LogP contribution in [-0.2, 0) is 9.59 Å². The third-order valence-electron chi connectivity index (χ3n) is 4.88. The quantitative estimate of drug-likeness (QED) is 0.254. The molecule has 2 rings (SSSR count). The average molecular weight is 509 g/mol. The number of benzene rings is 2. The minimum Gasteiger partial charge on any atom is -0.858 e. The van der Waals surface area contributed by atoms with Gasteiger partial charge in [-0.2, -0.15) is 0 Å². The molecule has 0 radical (unpaired) electrons. The van der Waals surface area contributed by atoms with Gasteiger partial charge in [-0.25, -0.2) is 4.79 Å². The molecule has 8 nitrogen and oxygen atoms in total. The third-order valence-corrected chi connectivity index (χ3v) is 4.88. The van der Waals surface area contributed by atoms with Crippen LogP contribution in [0.3, 0.4) is 0 Å². The summed E-state index contributed by atoms with van der Waals surface area (Å²) in [7, 11) is 0. The molecule has 0 aliphatic carbocycles. The average Bonchev–Trinajstić information content (AvgIpc) is 2.85. The number of amides is 1. The maximum absolute atomic E-state index is 11.7. The number of hydrogen-bond donors (Lipinski definition) is 2. The van der Waals surface area contributed by atoms with Crippen molar-refractivity contribution in [1.82, 2.24) is 5.32 Å². The fourth-order valence-electron chi connectivity index (χ4n) is 2.93. The van der Waals surface area contributed by atoms with E-state index in [-0.39, 0.29) is 43.6 Å². The van der Waals surface area contributed by atoms with Crippen LogP contribution < -0.4 is 15.5 Å². The second kappa shape index (κ2) is 18.9. The zero-order chi connectivity index (χ0) is 25.3. The number of nitrogens with one attached hydrogen (secondary N) is 1. The van der Waals surface area contributed by atoms with Crippen LogP contribution >= 0.6 is 0 Å². The summed E-state index contributed by atoms with van der Waals surface area (Å²) in [6.45, 7) is 3.93. The summed E-state index contributed by atoms with van der Waals surface area (Å²) in [5, 5.41) is 34.0. The molecule has 2 aromatic rings. The molecular formula is C26H32CaN2O6. The molecule has 35 heavy (non-hydrogen) atoms. The van der Waals surface area contributed by atoms with Gasteiger partial charge in [0.25, 0.3) is 5.91 Å². The van der Waals surface area contributed by atoms with Crippen molar-refractivity contribution in [2.45, 2.75) is 64.5 Å². The SMILES string of the molecule is CCCCC(N=C([O-])c1ccccc1)C(=O)[O-].CCCCC(NC(=O)c1ccccc1)C(=O)O.[Ca+2]. The molecule has 1 amide bonds. The van der Waals surface area contributed by atoms with Crippen LogP contribution in [0.5, 0.6) is 0 Å². The van der Waals surface area contributed by atoms with Gasteiger partial charge >= 0.3 is 43.7 Å². The molecule has 0 aliphatic heterocycles. The van der Waals surface area contributed by atoms with E-state index < -0.39 is 29.9 Å². The monoisotopic (exact) mass is 508 g/mol. The molecule has 0 saturated heterocycles. The summed E-state index contributed by atoms with van der Waals surface area (Å²) >= 11 is 0. The molecule has 0 aromatic heterocycles. The van der Waals surface area contributed by atoms with E-state index in [1.807, 2.05) is 19.9 Å². The Labute approximate surface area is 236 Å². The van der Waals surface area contributed by atoms with Crippen molar-refractivity contribution in [2.75, 3.05) is 0 Å². The van der Waals surface area contributed by atoms with Gasteiger partial charge in [0.15, 0.2) is 0 Å². The molecule has 2 unspecified atom stereocenters. The predicted octanol–water partition coefficient (Wildman–Crippen LogP) is 1.78. The van der Waals surface area contributed by atoms with E-state index in [0.29, 0.717) is 30.4 Å². The molecule has 2 aromatic carbocycles. The standard InChI is InChI=1S/2C13H17NO3.Ca/c2*1-2-3-9-11(13(16)17)14-12(15)10-7-5-4-6-8-10;/h2*4-8,11H,2-3,9H2,1H3,(H,14,15)(H,16,17);/q;;+2/p-2. The van der Waals surface area contributed by atoms with Crippen molar-refractivity contribution in [1.29, 1.82) is 0 Å². The first-order valence-corrected chi connectivity index (χ1v) is 11.4. The maximum atomic E-state index is 11.7. The number of nitrogens with zero attached hydrogens (tertiary/aromatic N) is 1. The van der Waals surface area contributed by atoms with Crippen molar-refractivity contribution in [3.05, 3.63) is 71.8 Å². The summed E-state index contributed by atoms with van der Waals surface area (Å²) in [5.74, 6) is -3.12. The summed E-state index contributed by atoms with van der Waals surface area (Å²) in [6.07, 6.45) is 4.07. The number of unbranched alkanes of at least 4 members (excludes halogenated alkanes) is 2. The number of hydrogen-bond acceptors (Lipinski definition) is 6. The summed E-state index contributed by atoms with van der Waals surface area (Å²) < 4.78 is 0. The van der Waals surface area contributed by atoms with Crippen molar-refractivity contribution in [3.8, 4) is 0 Å². The second-order valence-corrected chi connectivity index (χ2v) is 7.65. The van der Waals surface area contributed by atoms with Crippen LogP contribution in [0.25, 0.3) is 0 Å². The molecular weight excluding hydrogens is 476 g/mol. The Balaban J connectivity index is 0.000000642. The number of aliphatic imine (C=N–C) groups is 1. The van der Waals surface area contributed by atoms with Crippen molar-refractivity contribution in [3.63, 3.8) is 0 Å². The first-order chi connectivity index (χ1) is 16.3. The van der Waals surface area contributed by atoms with E-state index in [1.165, 1.54) is 0 Å². The Morgan fingerprint density at radius 1 is 0.857 bits per heavy atom. The van der Waals surface area contributed by atoms with Gasteiger partial charge in [0.05, 0.1) is 12.0 Å². The molecule has 0 heterocycles. The topological polar surface area (TPSA) is 142 Å². The van der Waals surface area contributed by atoms with E-state index in [2.05, 4.69) is 10.3 Å². The first-order valence-electron chi connectivity index (χ1n) is 11.4. The van der Waals surface area contributed by atoms with Crippen LogP contribution in [0.4, 0.5) is 0 Å². The van der Waals surface area contributed by atoms with Crippen LogP contribution in [0.1, 0.15) is 68.3 Å². The Hall–Kier alpha value is -2.42. The Morgan fingerprint density at radius 3 is 1.80 bits per heavy atom. The molecule has 184 valence electrons. The molecule has 0 bridgehead atoms. The smallest absolute Gasteiger partial charge is 0.858 e. The van der Waals surface area contributed by atoms with Gasteiger partial charge in [-0.3, -0.25) is 9.79 Å². The van der Waals surface area contributed by atoms with Gasteiger partial charge in [-0.05, 0) is 36.4 Å². The minimum absolute atomic E-state index is 0. The summed E-state index contributed by atoms with van der Waals surface area (Å²) in [4.78, 5) is 37.2. The van der Waals surface area contributed by atoms with E-state index in [1.54, 1.807) is 54.6 Å². The Kier molecular flexibility index (Phi) is 17.5. The van der Waals surface area contributed by atoms with Crippen LogP contribution in [0.15, 0.2) is 65.7 Å². The molecule has 0 saturated carbocycles. The fraction of sp³-hybridized carbons (Fsp3) is 0.385. The number of carbonyl (C=O) groups is 3. The fourth-order valence-corrected chi connectivity index (χ4v) is 2.93. The molecule has 9 heteroatoms. The van der Waals surface area contributed by atoms with Crippen molar-refractivity contribution < 1.29 is 29.7 Å². The van der Waals surface area contributed by atoms with Crippen molar-refractivity contribution in [2.24, 2.45) is 4.99 Å². The predicted molar refractivity (Wildman–Crippen MR) is 132 cm³/mol. The molecule has 0 fully saturated rings. The Bertz CT molecular complexity index is 922. The van der Waals surface area contributed by atoms with Crippen molar-refractivity contribution >= 4 is 61.5 Å². The van der Waals surface area contributed by atoms with E-state index in [0.717, 1.165) is 19.3 Å². The number of aliphatic carboxylic acids is 2. The van der Waals surface area contributed by atoms with Gasteiger partial charge in [0.1, 0.15) is 6.04 Å². The zero-order valence-electron chi connectivity index (χ0n) is 20.3. The molecule has 2 N–H and O–H groups in total. The largest absolute Gasteiger partial charge is 2.00 e. The summed E-state index contributed by atoms with van der Waals surface area (Å²) in [5.41, 5.74) is 0.880. The number of carboxylic acid groups (broad SMARTS) is 2. The van der Waals surface area contributed by atoms with Gasteiger partial charge in [-0.1, -0.05) is 88.1 Å².